The van der Waals surface area contributed by atoms with Crippen LogP contribution < -0.4 is 10.6 Å². The maximum atomic E-state index is 12.4. The molecule has 1 aromatic carbocycles. The Kier molecular flexibility index (Phi) is 4.21. The largest absolute Gasteiger partial charge is 0.334 e. The van der Waals surface area contributed by atoms with Gasteiger partial charge in [-0.05, 0) is 50.1 Å². The van der Waals surface area contributed by atoms with E-state index in [-0.39, 0.29) is 12.1 Å². The van der Waals surface area contributed by atoms with Crippen LogP contribution in [0.25, 0.3) is 5.69 Å². The van der Waals surface area contributed by atoms with Crippen molar-refractivity contribution in [2.45, 2.75) is 37.8 Å². The Morgan fingerprint density at radius 3 is 3.00 bits per heavy atom. The van der Waals surface area contributed by atoms with Gasteiger partial charge in [-0.2, -0.15) is 5.10 Å². The maximum Gasteiger partial charge on any atom is 0.319 e. The van der Waals surface area contributed by atoms with Crippen LogP contribution >= 0.6 is 0 Å². The van der Waals surface area contributed by atoms with E-state index in [0.29, 0.717) is 6.04 Å². The zero-order chi connectivity index (χ0) is 16.4. The summed E-state index contributed by atoms with van der Waals surface area (Å²) < 4.78 is 1.78. The molecule has 2 aliphatic heterocycles. The molecule has 2 amide bonds. The van der Waals surface area contributed by atoms with Gasteiger partial charge in [0.05, 0.1) is 5.69 Å². The SMILES string of the molecule is O=C(Nc1cccc(-n2cccn2)c1)N[C@@H]1CCN2CCCC[C@H]12. The molecule has 2 saturated heterocycles. The molecular formula is C18H23N5O. The zero-order valence-corrected chi connectivity index (χ0v) is 13.7. The van der Waals surface area contributed by atoms with Gasteiger partial charge in [0.2, 0.25) is 0 Å². The second kappa shape index (κ2) is 6.65. The van der Waals surface area contributed by atoms with Gasteiger partial charge in [-0.15, -0.1) is 0 Å². The van der Waals surface area contributed by atoms with Crippen LogP contribution in [0, 0.1) is 0 Å². The van der Waals surface area contributed by atoms with E-state index in [2.05, 4.69) is 20.6 Å². The molecule has 0 spiro atoms. The van der Waals surface area contributed by atoms with Gasteiger partial charge in [0, 0.05) is 36.7 Å². The van der Waals surface area contributed by atoms with Crippen LogP contribution in [0.1, 0.15) is 25.7 Å². The third kappa shape index (κ3) is 3.14. The monoisotopic (exact) mass is 325 g/mol. The number of hydrogen-bond donors (Lipinski definition) is 2. The molecule has 0 bridgehead atoms. The first-order valence-electron chi connectivity index (χ1n) is 8.71. The summed E-state index contributed by atoms with van der Waals surface area (Å²) in [6, 6.07) is 10.2. The molecule has 126 valence electrons. The van der Waals surface area contributed by atoms with Crippen molar-refractivity contribution in [3.05, 3.63) is 42.7 Å². The fourth-order valence-electron chi connectivity index (χ4n) is 3.90. The lowest BCUT2D eigenvalue weighted by Gasteiger charge is -2.32. The minimum absolute atomic E-state index is 0.120. The van der Waals surface area contributed by atoms with Gasteiger partial charge in [-0.3, -0.25) is 4.90 Å². The molecule has 6 nitrogen and oxygen atoms in total. The van der Waals surface area contributed by atoms with Gasteiger partial charge in [0.15, 0.2) is 0 Å². The molecule has 4 rings (SSSR count). The molecule has 0 unspecified atom stereocenters. The van der Waals surface area contributed by atoms with Crippen LogP contribution in [0.4, 0.5) is 10.5 Å². The van der Waals surface area contributed by atoms with Gasteiger partial charge in [-0.25, -0.2) is 9.48 Å². The van der Waals surface area contributed by atoms with Crippen molar-refractivity contribution in [3.63, 3.8) is 0 Å². The third-order valence-electron chi connectivity index (χ3n) is 5.05. The first-order valence-corrected chi connectivity index (χ1v) is 8.71. The Bertz CT molecular complexity index is 699. The first kappa shape index (κ1) is 15.2. The van der Waals surface area contributed by atoms with Crippen LogP contribution in [0.3, 0.4) is 0 Å². The Morgan fingerprint density at radius 1 is 1.17 bits per heavy atom. The quantitative estimate of drug-likeness (QED) is 0.912. The summed E-state index contributed by atoms with van der Waals surface area (Å²) in [6.07, 6.45) is 8.42. The molecule has 2 aliphatic rings. The molecule has 0 aliphatic carbocycles. The number of urea groups is 1. The van der Waals surface area contributed by atoms with Crippen molar-refractivity contribution in [2.24, 2.45) is 0 Å². The molecule has 6 heteroatoms. The minimum atomic E-state index is -0.120. The lowest BCUT2D eigenvalue weighted by molar-refractivity contribution is 0.180. The molecule has 2 aromatic rings. The second-order valence-electron chi connectivity index (χ2n) is 6.59. The number of amides is 2. The van der Waals surface area contributed by atoms with Gasteiger partial charge in [0.25, 0.3) is 0 Å². The zero-order valence-electron chi connectivity index (χ0n) is 13.7. The summed E-state index contributed by atoms with van der Waals surface area (Å²) in [4.78, 5) is 14.9. The van der Waals surface area contributed by atoms with Crippen molar-refractivity contribution in [3.8, 4) is 5.69 Å². The highest BCUT2D eigenvalue weighted by molar-refractivity contribution is 5.89. The van der Waals surface area contributed by atoms with Crippen molar-refractivity contribution < 1.29 is 4.79 Å². The average molecular weight is 325 g/mol. The smallest absolute Gasteiger partial charge is 0.319 e. The van der Waals surface area contributed by atoms with E-state index in [4.69, 9.17) is 0 Å². The molecule has 2 atom stereocenters. The number of nitrogens with zero attached hydrogens (tertiary/aromatic N) is 3. The van der Waals surface area contributed by atoms with Gasteiger partial charge < -0.3 is 10.6 Å². The maximum absolute atomic E-state index is 12.4. The van der Waals surface area contributed by atoms with E-state index in [1.807, 2.05) is 36.5 Å². The van der Waals surface area contributed by atoms with Crippen LogP contribution in [-0.2, 0) is 0 Å². The van der Waals surface area contributed by atoms with E-state index in [1.54, 1.807) is 10.9 Å². The molecule has 0 saturated carbocycles. The Hall–Kier alpha value is -2.34. The van der Waals surface area contributed by atoms with E-state index in [0.717, 1.165) is 24.3 Å². The molecular weight excluding hydrogens is 302 g/mol. The molecule has 0 radical (unpaired) electrons. The number of fused-ring (bicyclic) bond motifs is 1. The van der Waals surface area contributed by atoms with E-state index in [1.165, 1.54) is 25.8 Å². The highest BCUT2D eigenvalue weighted by atomic mass is 16.2. The number of piperidine rings is 1. The van der Waals surface area contributed by atoms with Gasteiger partial charge >= 0.3 is 6.03 Å². The highest BCUT2D eigenvalue weighted by Crippen LogP contribution is 2.27. The Balaban J connectivity index is 1.39. The minimum Gasteiger partial charge on any atom is -0.334 e. The van der Waals surface area contributed by atoms with Gasteiger partial charge in [-0.1, -0.05) is 12.5 Å². The Morgan fingerprint density at radius 2 is 2.12 bits per heavy atom. The standard InChI is InChI=1S/C18H23N5O/c24-18(21-16-8-12-22-10-2-1-7-17(16)22)20-14-5-3-6-15(13-14)23-11-4-9-19-23/h3-6,9,11,13,16-17H,1-2,7-8,10,12H2,(H2,20,21,24)/t16-,17-/m1/s1. The predicted molar refractivity (Wildman–Crippen MR) is 93.3 cm³/mol. The predicted octanol–water partition coefficient (Wildman–Crippen LogP) is 2.62. The highest BCUT2D eigenvalue weighted by Gasteiger charge is 2.36. The normalized spacial score (nSPS) is 23.7. The number of carbonyl (C=O) groups is 1. The van der Waals surface area contributed by atoms with Crippen LogP contribution in [-0.4, -0.2) is 45.9 Å². The first-order chi connectivity index (χ1) is 11.8. The number of nitrogens with one attached hydrogen (secondary N) is 2. The Labute approximate surface area is 141 Å². The number of rotatable bonds is 3. The number of benzene rings is 1. The van der Waals surface area contributed by atoms with Crippen molar-refractivity contribution in [2.75, 3.05) is 18.4 Å². The average Bonchev–Trinajstić information content (AvgIpc) is 3.26. The summed E-state index contributed by atoms with van der Waals surface area (Å²) in [6.45, 7) is 2.28. The lowest BCUT2D eigenvalue weighted by atomic mass is 9.99. The summed E-state index contributed by atoms with van der Waals surface area (Å²) >= 11 is 0. The third-order valence-corrected chi connectivity index (χ3v) is 5.05. The number of anilines is 1. The molecule has 2 fully saturated rings. The fourth-order valence-corrected chi connectivity index (χ4v) is 3.90. The topological polar surface area (TPSA) is 62.2 Å². The number of carbonyl (C=O) groups excluding carboxylic acids is 1. The van der Waals surface area contributed by atoms with Crippen LogP contribution in [0.15, 0.2) is 42.7 Å². The van der Waals surface area contributed by atoms with Gasteiger partial charge in [0.1, 0.15) is 0 Å². The molecule has 24 heavy (non-hydrogen) atoms. The van der Waals surface area contributed by atoms with Crippen LogP contribution in [0.5, 0.6) is 0 Å². The lowest BCUT2D eigenvalue weighted by Crippen LogP contribution is -2.47. The van der Waals surface area contributed by atoms with Crippen LogP contribution in [0.2, 0.25) is 0 Å². The van der Waals surface area contributed by atoms with Crippen molar-refractivity contribution in [1.29, 1.82) is 0 Å². The van der Waals surface area contributed by atoms with Crippen molar-refractivity contribution in [1.82, 2.24) is 20.0 Å². The van der Waals surface area contributed by atoms with E-state index >= 15 is 0 Å². The van der Waals surface area contributed by atoms with E-state index < -0.39 is 0 Å². The summed E-state index contributed by atoms with van der Waals surface area (Å²) in [5.41, 5.74) is 1.70. The van der Waals surface area contributed by atoms with Crippen molar-refractivity contribution >= 4 is 11.7 Å². The summed E-state index contributed by atoms with van der Waals surface area (Å²) in [7, 11) is 0. The fraction of sp³-hybridized carbons (Fsp3) is 0.444. The summed E-state index contributed by atoms with van der Waals surface area (Å²) in [5, 5.41) is 10.3. The number of aromatic nitrogens is 2. The summed E-state index contributed by atoms with van der Waals surface area (Å²) in [5.74, 6) is 0. The van der Waals surface area contributed by atoms with E-state index in [9.17, 15) is 4.79 Å². The molecule has 3 heterocycles. The molecule has 1 aromatic heterocycles. The molecule has 2 N–H and O–H groups in total. The second-order valence-corrected chi connectivity index (χ2v) is 6.59. The number of hydrogen-bond acceptors (Lipinski definition) is 3.